The van der Waals surface area contributed by atoms with Crippen LogP contribution in [-0.2, 0) is 9.59 Å². The van der Waals surface area contributed by atoms with Crippen LogP contribution in [0.1, 0.15) is 40.0 Å². The van der Waals surface area contributed by atoms with Gasteiger partial charge in [-0.05, 0) is 18.6 Å². The second kappa shape index (κ2) is 8.35. The van der Waals surface area contributed by atoms with Crippen LogP contribution in [0.15, 0.2) is 30.3 Å². The highest BCUT2D eigenvalue weighted by atomic mass is 16.2. The van der Waals surface area contributed by atoms with E-state index in [9.17, 15) is 9.59 Å². The van der Waals surface area contributed by atoms with Gasteiger partial charge in [0.25, 0.3) is 0 Å². The summed E-state index contributed by atoms with van der Waals surface area (Å²) in [5.41, 5.74) is 0.748. The van der Waals surface area contributed by atoms with Crippen molar-refractivity contribution in [1.29, 1.82) is 0 Å². The van der Waals surface area contributed by atoms with Crippen molar-refractivity contribution in [1.82, 2.24) is 5.32 Å². The van der Waals surface area contributed by atoms with Crippen molar-refractivity contribution in [3.8, 4) is 0 Å². The Hall–Kier alpha value is -1.84. The van der Waals surface area contributed by atoms with Crippen LogP contribution in [0.2, 0.25) is 0 Å². The Bertz CT molecular complexity index is 429. The van der Waals surface area contributed by atoms with Gasteiger partial charge in [-0.1, -0.05) is 51.8 Å². The minimum absolute atomic E-state index is 0.0886. The van der Waals surface area contributed by atoms with Gasteiger partial charge in [-0.3, -0.25) is 9.59 Å². The molecule has 20 heavy (non-hydrogen) atoms. The molecule has 0 saturated heterocycles. The van der Waals surface area contributed by atoms with Crippen LogP contribution < -0.4 is 10.6 Å². The van der Waals surface area contributed by atoms with E-state index in [0.717, 1.165) is 18.5 Å². The number of benzene rings is 1. The van der Waals surface area contributed by atoms with Crippen LogP contribution in [0.5, 0.6) is 0 Å². The van der Waals surface area contributed by atoms with Crippen molar-refractivity contribution in [3.05, 3.63) is 30.3 Å². The molecule has 2 N–H and O–H groups in total. The lowest BCUT2D eigenvalue weighted by Crippen LogP contribution is -2.45. The number of anilines is 1. The van der Waals surface area contributed by atoms with Gasteiger partial charge in [0.15, 0.2) is 0 Å². The maximum atomic E-state index is 12.3. The van der Waals surface area contributed by atoms with Crippen LogP contribution in [0.3, 0.4) is 0 Å². The zero-order valence-corrected chi connectivity index (χ0v) is 12.5. The number of carbonyl (C=O) groups excluding carboxylic acids is 2. The van der Waals surface area contributed by atoms with Crippen LogP contribution in [-0.4, -0.2) is 17.9 Å². The molecule has 1 rings (SSSR count). The summed E-state index contributed by atoms with van der Waals surface area (Å²) in [6, 6.07) is 8.82. The summed E-state index contributed by atoms with van der Waals surface area (Å²) in [6.45, 7) is 5.71. The van der Waals surface area contributed by atoms with E-state index in [0.29, 0.717) is 6.42 Å². The highest BCUT2D eigenvalue weighted by molar-refractivity contribution is 5.97. The maximum Gasteiger partial charge on any atom is 0.246 e. The van der Waals surface area contributed by atoms with Gasteiger partial charge in [-0.25, -0.2) is 0 Å². The van der Waals surface area contributed by atoms with E-state index in [1.807, 2.05) is 44.2 Å². The normalized spacial score (nSPS) is 12.0. The smallest absolute Gasteiger partial charge is 0.246 e. The van der Waals surface area contributed by atoms with Crippen molar-refractivity contribution in [2.24, 2.45) is 5.92 Å². The summed E-state index contributed by atoms with van der Waals surface area (Å²) in [7, 11) is 0. The van der Waals surface area contributed by atoms with Crippen LogP contribution in [0, 0.1) is 5.92 Å². The third-order valence-corrected chi connectivity index (χ3v) is 3.05. The zero-order valence-electron chi connectivity index (χ0n) is 12.5. The summed E-state index contributed by atoms with van der Waals surface area (Å²) in [4.78, 5) is 24.0. The molecule has 1 aromatic carbocycles. The lowest BCUT2D eigenvalue weighted by molar-refractivity contribution is -0.128. The molecule has 0 fully saturated rings. The molecule has 1 atom stereocenters. The standard InChI is InChI=1S/C16H24N2O2/c1-4-5-11-14(18-15(19)12(2)3)16(20)17-13-9-7-6-8-10-13/h6-10,12,14H,4-5,11H2,1-3H3,(H,17,20)(H,18,19)/t14-/m1/s1. The fourth-order valence-electron chi connectivity index (χ4n) is 1.77. The first-order valence-corrected chi connectivity index (χ1v) is 7.21. The third kappa shape index (κ3) is 5.43. The fourth-order valence-corrected chi connectivity index (χ4v) is 1.77. The Kier molecular flexibility index (Phi) is 6.77. The van der Waals surface area contributed by atoms with Crippen molar-refractivity contribution >= 4 is 17.5 Å². The highest BCUT2D eigenvalue weighted by Gasteiger charge is 2.21. The molecule has 4 heteroatoms. The lowest BCUT2D eigenvalue weighted by Gasteiger charge is -2.19. The van der Waals surface area contributed by atoms with E-state index in [4.69, 9.17) is 0 Å². The Morgan fingerprint density at radius 2 is 1.75 bits per heavy atom. The van der Waals surface area contributed by atoms with Gasteiger partial charge in [0, 0.05) is 11.6 Å². The number of para-hydroxylation sites is 1. The first-order chi connectivity index (χ1) is 9.54. The van der Waals surface area contributed by atoms with E-state index in [-0.39, 0.29) is 17.7 Å². The number of amides is 2. The third-order valence-electron chi connectivity index (χ3n) is 3.05. The Morgan fingerprint density at radius 1 is 1.10 bits per heavy atom. The van der Waals surface area contributed by atoms with Gasteiger partial charge in [0.1, 0.15) is 6.04 Å². The van der Waals surface area contributed by atoms with E-state index in [2.05, 4.69) is 17.6 Å². The van der Waals surface area contributed by atoms with Gasteiger partial charge in [0.2, 0.25) is 11.8 Å². The number of hydrogen-bond donors (Lipinski definition) is 2. The molecular formula is C16H24N2O2. The Balaban J connectivity index is 2.66. The SMILES string of the molecule is CCCC[C@@H](NC(=O)C(C)C)C(=O)Nc1ccccc1. The molecule has 0 bridgehead atoms. The largest absolute Gasteiger partial charge is 0.344 e. The average molecular weight is 276 g/mol. The number of rotatable bonds is 7. The first-order valence-electron chi connectivity index (χ1n) is 7.21. The molecule has 0 spiro atoms. The number of unbranched alkanes of at least 4 members (excludes halogenated alkanes) is 1. The summed E-state index contributed by atoms with van der Waals surface area (Å²) < 4.78 is 0. The predicted octanol–water partition coefficient (Wildman–Crippen LogP) is 2.96. The van der Waals surface area contributed by atoms with Crippen LogP contribution in [0.4, 0.5) is 5.69 Å². The van der Waals surface area contributed by atoms with Crippen molar-refractivity contribution in [2.45, 2.75) is 46.1 Å². The topological polar surface area (TPSA) is 58.2 Å². The maximum absolute atomic E-state index is 12.3. The van der Waals surface area contributed by atoms with Crippen LogP contribution in [0.25, 0.3) is 0 Å². The minimum Gasteiger partial charge on any atom is -0.344 e. The second-order valence-electron chi connectivity index (χ2n) is 5.21. The number of nitrogens with one attached hydrogen (secondary N) is 2. The number of hydrogen-bond acceptors (Lipinski definition) is 2. The molecule has 110 valence electrons. The van der Waals surface area contributed by atoms with E-state index in [1.165, 1.54) is 0 Å². The molecule has 0 saturated carbocycles. The average Bonchev–Trinajstić information content (AvgIpc) is 2.43. The molecule has 0 aliphatic heterocycles. The fraction of sp³-hybridized carbons (Fsp3) is 0.500. The van der Waals surface area contributed by atoms with E-state index < -0.39 is 6.04 Å². The summed E-state index contributed by atoms with van der Waals surface area (Å²) in [5.74, 6) is -0.364. The van der Waals surface area contributed by atoms with Crippen molar-refractivity contribution < 1.29 is 9.59 Å². The molecule has 0 aromatic heterocycles. The van der Waals surface area contributed by atoms with Crippen LogP contribution >= 0.6 is 0 Å². The molecular weight excluding hydrogens is 252 g/mol. The van der Waals surface area contributed by atoms with E-state index in [1.54, 1.807) is 0 Å². The number of carbonyl (C=O) groups is 2. The monoisotopic (exact) mass is 276 g/mol. The second-order valence-corrected chi connectivity index (χ2v) is 5.21. The molecule has 4 nitrogen and oxygen atoms in total. The summed E-state index contributed by atoms with van der Waals surface area (Å²) >= 11 is 0. The van der Waals surface area contributed by atoms with Crippen molar-refractivity contribution in [3.63, 3.8) is 0 Å². The predicted molar refractivity (Wildman–Crippen MR) is 81.4 cm³/mol. The first kappa shape index (κ1) is 16.2. The molecule has 2 amide bonds. The molecule has 1 aromatic rings. The molecule has 0 heterocycles. The van der Waals surface area contributed by atoms with Gasteiger partial charge in [0.05, 0.1) is 0 Å². The highest BCUT2D eigenvalue weighted by Crippen LogP contribution is 2.09. The molecule has 0 unspecified atom stereocenters. The van der Waals surface area contributed by atoms with Gasteiger partial charge in [-0.2, -0.15) is 0 Å². The van der Waals surface area contributed by atoms with Crippen molar-refractivity contribution in [2.75, 3.05) is 5.32 Å². The molecule has 0 aliphatic rings. The van der Waals surface area contributed by atoms with Gasteiger partial charge in [-0.15, -0.1) is 0 Å². The minimum atomic E-state index is -0.468. The lowest BCUT2D eigenvalue weighted by atomic mass is 10.1. The van der Waals surface area contributed by atoms with E-state index >= 15 is 0 Å². The van der Waals surface area contributed by atoms with Gasteiger partial charge >= 0.3 is 0 Å². The molecule has 0 radical (unpaired) electrons. The summed E-state index contributed by atoms with van der Waals surface area (Å²) in [6.07, 6.45) is 2.56. The quantitative estimate of drug-likeness (QED) is 0.804. The zero-order chi connectivity index (χ0) is 15.0. The summed E-state index contributed by atoms with van der Waals surface area (Å²) in [5, 5.41) is 5.66. The molecule has 0 aliphatic carbocycles. The Labute approximate surface area is 121 Å². The Morgan fingerprint density at radius 3 is 2.30 bits per heavy atom. The van der Waals surface area contributed by atoms with Gasteiger partial charge < -0.3 is 10.6 Å².